The predicted octanol–water partition coefficient (Wildman–Crippen LogP) is 2.67. The first-order valence-electron chi connectivity index (χ1n) is 6.69. The van der Waals surface area contributed by atoms with Crippen molar-refractivity contribution in [3.63, 3.8) is 0 Å². The third kappa shape index (κ3) is 5.73. The Balaban J connectivity index is 2.65. The smallest absolute Gasteiger partial charge is 0.241 e. The summed E-state index contributed by atoms with van der Waals surface area (Å²) in [7, 11) is -3.39. The molecule has 2 N–H and O–H groups in total. The summed E-state index contributed by atoms with van der Waals surface area (Å²) < 4.78 is 27.3. The van der Waals surface area contributed by atoms with Crippen LogP contribution >= 0.6 is 23.1 Å². The van der Waals surface area contributed by atoms with E-state index in [0.717, 1.165) is 11.3 Å². The van der Waals surface area contributed by atoms with Gasteiger partial charge in [0.05, 0.1) is 4.90 Å². The van der Waals surface area contributed by atoms with Gasteiger partial charge >= 0.3 is 0 Å². The molecule has 0 radical (unpaired) electrons. The molecule has 0 aliphatic rings. The fraction of sp³-hybridized carbons (Fsp3) is 0.692. The van der Waals surface area contributed by atoms with E-state index in [9.17, 15) is 8.42 Å². The van der Waals surface area contributed by atoms with Gasteiger partial charge in [0.2, 0.25) is 10.0 Å². The maximum Gasteiger partial charge on any atom is 0.241 e. The van der Waals surface area contributed by atoms with Crippen LogP contribution in [-0.2, 0) is 16.6 Å². The van der Waals surface area contributed by atoms with E-state index < -0.39 is 10.0 Å². The Morgan fingerprint density at radius 1 is 1.35 bits per heavy atom. The van der Waals surface area contributed by atoms with Crippen LogP contribution in [0.2, 0.25) is 0 Å². The van der Waals surface area contributed by atoms with Crippen LogP contribution in [0.3, 0.4) is 0 Å². The van der Waals surface area contributed by atoms with Gasteiger partial charge in [0.25, 0.3) is 0 Å². The summed E-state index contributed by atoms with van der Waals surface area (Å²) in [6.45, 7) is 7.26. The van der Waals surface area contributed by atoms with Crippen molar-refractivity contribution in [2.24, 2.45) is 0 Å². The van der Waals surface area contributed by atoms with Gasteiger partial charge in [-0.15, -0.1) is 11.3 Å². The number of sulfonamides is 1. The number of nitrogens with one attached hydrogen (secondary N) is 2. The van der Waals surface area contributed by atoms with Crippen molar-refractivity contribution in [1.29, 1.82) is 0 Å². The van der Waals surface area contributed by atoms with Crippen LogP contribution in [-0.4, -0.2) is 32.5 Å². The Hall–Kier alpha value is -0.0800. The van der Waals surface area contributed by atoms with Crippen LogP contribution in [0.25, 0.3) is 0 Å². The van der Waals surface area contributed by atoms with Crippen molar-refractivity contribution in [3.05, 3.63) is 16.3 Å². The van der Waals surface area contributed by atoms with Crippen molar-refractivity contribution < 1.29 is 8.42 Å². The Bertz CT molecular complexity index is 497. The Morgan fingerprint density at radius 3 is 2.65 bits per heavy atom. The fourth-order valence-electron chi connectivity index (χ4n) is 1.59. The van der Waals surface area contributed by atoms with Gasteiger partial charge in [-0.25, -0.2) is 13.1 Å². The molecular weight excluding hydrogens is 312 g/mol. The first-order valence-corrected chi connectivity index (χ1v) is 10.3. The summed E-state index contributed by atoms with van der Waals surface area (Å²) in [5, 5.41) is 5.55. The van der Waals surface area contributed by atoms with E-state index in [4.69, 9.17) is 0 Å². The summed E-state index contributed by atoms with van der Waals surface area (Å²) in [4.78, 5) is 1.27. The minimum Gasteiger partial charge on any atom is -0.310 e. The van der Waals surface area contributed by atoms with Gasteiger partial charge in [-0.3, -0.25) is 0 Å². The number of rotatable bonds is 9. The van der Waals surface area contributed by atoms with Gasteiger partial charge in [-0.2, -0.15) is 11.8 Å². The molecule has 0 amide bonds. The summed E-state index contributed by atoms with van der Waals surface area (Å²) >= 11 is 3.22. The maximum absolute atomic E-state index is 12.3. The lowest BCUT2D eigenvalue weighted by atomic mass is 10.3. The average molecular weight is 337 g/mol. The molecule has 7 heteroatoms. The van der Waals surface area contributed by atoms with Crippen LogP contribution < -0.4 is 10.0 Å². The number of hydrogen-bond acceptors (Lipinski definition) is 5. The summed E-state index contributed by atoms with van der Waals surface area (Å²) in [5.41, 5.74) is 0. The first-order chi connectivity index (χ1) is 9.36. The fourth-order valence-corrected chi connectivity index (χ4v) is 4.38. The second-order valence-corrected chi connectivity index (χ2v) is 8.99. The van der Waals surface area contributed by atoms with Crippen LogP contribution in [0.15, 0.2) is 16.3 Å². The normalized spacial score (nSPS) is 13.8. The molecule has 1 aromatic rings. The highest BCUT2D eigenvalue weighted by molar-refractivity contribution is 7.99. The van der Waals surface area contributed by atoms with E-state index in [-0.39, 0.29) is 0 Å². The Labute approximate surface area is 130 Å². The minimum absolute atomic E-state index is 0.336. The zero-order valence-electron chi connectivity index (χ0n) is 12.5. The molecular formula is C13H24N2O2S3. The van der Waals surface area contributed by atoms with Gasteiger partial charge < -0.3 is 5.32 Å². The lowest BCUT2D eigenvalue weighted by Gasteiger charge is -2.11. The molecule has 0 fully saturated rings. The molecule has 1 rings (SSSR count). The molecule has 1 aromatic heterocycles. The SMILES string of the molecule is CSC(C)CCNS(=O)(=O)c1ccsc1CNC(C)C. The lowest BCUT2D eigenvalue weighted by molar-refractivity contribution is 0.570. The third-order valence-corrected chi connectivity index (χ3v) is 6.55. The van der Waals surface area contributed by atoms with Crippen LogP contribution in [0, 0.1) is 0 Å². The highest BCUT2D eigenvalue weighted by atomic mass is 32.2. The molecule has 116 valence electrons. The lowest BCUT2D eigenvalue weighted by Crippen LogP contribution is -2.28. The third-order valence-electron chi connectivity index (χ3n) is 2.91. The van der Waals surface area contributed by atoms with Crippen LogP contribution in [0.4, 0.5) is 0 Å². The van der Waals surface area contributed by atoms with E-state index in [0.29, 0.717) is 29.3 Å². The van der Waals surface area contributed by atoms with Gasteiger partial charge in [0.1, 0.15) is 0 Å². The molecule has 0 aromatic carbocycles. The van der Waals surface area contributed by atoms with E-state index in [1.165, 1.54) is 11.3 Å². The minimum atomic E-state index is -3.39. The topological polar surface area (TPSA) is 58.2 Å². The van der Waals surface area contributed by atoms with Crippen molar-refractivity contribution in [3.8, 4) is 0 Å². The summed E-state index contributed by atoms with van der Waals surface area (Å²) in [6.07, 6.45) is 2.87. The molecule has 4 nitrogen and oxygen atoms in total. The molecule has 1 unspecified atom stereocenters. The van der Waals surface area contributed by atoms with Gasteiger partial charge in [-0.05, 0) is 24.1 Å². The van der Waals surface area contributed by atoms with Crippen molar-refractivity contribution in [1.82, 2.24) is 10.0 Å². The molecule has 20 heavy (non-hydrogen) atoms. The molecule has 0 aliphatic heterocycles. The quantitative estimate of drug-likeness (QED) is 0.728. The Morgan fingerprint density at radius 2 is 2.05 bits per heavy atom. The van der Waals surface area contributed by atoms with Crippen molar-refractivity contribution >= 4 is 33.1 Å². The van der Waals surface area contributed by atoms with E-state index in [1.54, 1.807) is 17.8 Å². The molecule has 1 atom stereocenters. The molecule has 0 spiro atoms. The zero-order valence-corrected chi connectivity index (χ0v) is 14.9. The van der Waals surface area contributed by atoms with E-state index in [1.807, 2.05) is 25.5 Å². The zero-order chi connectivity index (χ0) is 15.2. The standard InChI is InChI=1S/C13H24N2O2S3/c1-10(2)14-9-12-13(6-8-19-12)20(16,17)15-7-5-11(3)18-4/h6,8,10-11,14-15H,5,7,9H2,1-4H3. The Kier molecular flexibility index (Phi) is 7.53. The monoisotopic (exact) mass is 336 g/mol. The molecule has 1 heterocycles. The molecule has 0 aliphatic carbocycles. The largest absolute Gasteiger partial charge is 0.310 e. The van der Waals surface area contributed by atoms with Gasteiger partial charge in [0.15, 0.2) is 0 Å². The number of thioether (sulfide) groups is 1. The second-order valence-electron chi connectivity index (χ2n) is 4.98. The second kappa shape index (κ2) is 8.38. The first kappa shape index (κ1) is 18.0. The molecule has 0 bridgehead atoms. The summed E-state index contributed by atoms with van der Waals surface area (Å²) in [6, 6.07) is 2.02. The van der Waals surface area contributed by atoms with Crippen LogP contribution in [0.5, 0.6) is 0 Å². The van der Waals surface area contributed by atoms with E-state index >= 15 is 0 Å². The van der Waals surface area contributed by atoms with Crippen LogP contribution in [0.1, 0.15) is 32.1 Å². The highest BCUT2D eigenvalue weighted by Crippen LogP contribution is 2.22. The van der Waals surface area contributed by atoms with Crippen molar-refractivity contribution in [2.75, 3.05) is 12.8 Å². The summed E-state index contributed by atoms with van der Waals surface area (Å²) in [5.74, 6) is 0. The van der Waals surface area contributed by atoms with Gasteiger partial charge in [0, 0.05) is 29.3 Å². The maximum atomic E-state index is 12.3. The highest BCUT2D eigenvalue weighted by Gasteiger charge is 2.19. The average Bonchev–Trinajstić information content (AvgIpc) is 2.85. The molecule has 0 saturated carbocycles. The number of hydrogen-bond donors (Lipinski definition) is 2. The predicted molar refractivity (Wildman–Crippen MR) is 89.1 cm³/mol. The number of thiophene rings is 1. The van der Waals surface area contributed by atoms with Gasteiger partial charge in [-0.1, -0.05) is 20.8 Å². The molecule has 0 saturated heterocycles. The van der Waals surface area contributed by atoms with E-state index in [2.05, 4.69) is 17.0 Å². The van der Waals surface area contributed by atoms with Crippen molar-refractivity contribution in [2.45, 2.75) is 49.9 Å².